The third kappa shape index (κ3) is 4.26. The van der Waals surface area contributed by atoms with Crippen molar-refractivity contribution in [3.8, 4) is 0 Å². The Hall–Kier alpha value is -1.88. The number of halogens is 1. The molecule has 4 rings (SSSR count). The summed E-state index contributed by atoms with van der Waals surface area (Å²) in [6.45, 7) is 0. The average molecular weight is 397 g/mol. The molecule has 5 heteroatoms. The van der Waals surface area contributed by atoms with E-state index in [0.717, 1.165) is 32.7 Å². The van der Waals surface area contributed by atoms with Crippen LogP contribution in [0, 0.1) is 0 Å². The third-order valence-electron chi connectivity index (χ3n) is 4.00. The van der Waals surface area contributed by atoms with Gasteiger partial charge in [-0.1, -0.05) is 71.9 Å². The summed E-state index contributed by atoms with van der Waals surface area (Å²) in [5, 5.41) is 1.64. The van der Waals surface area contributed by atoms with Gasteiger partial charge in [-0.25, -0.2) is 4.98 Å². The highest BCUT2D eigenvalue weighted by Gasteiger charge is 2.07. The Morgan fingerprint density at radius 2 is 1.65 bits per heavy atom. The highest BCUT2D eigenvalue weighted by atomic mass is 35.5. The van der Waals surface area contributed by atoms with E-state index in [1.807, 2.05) is 30.0 Å². The van der Waals surface area contributed by atoms with Crippen LogP contribution >= 0.6 is 35.1 Å². The number of aromatic amines is 1. The fourth-order valence-corrected chi connectivity index (χ4v) is 4.84. The summed E-state index contributed by atoms with van der Waals surface area (Å²) in [4.78, 5) is 9.30. The molecule has 0 spiro atoms. The molecule has 26 heavy (non-hydrogen) atoms. The Morgan fingerprint density at radius 3 is 2.54 bits per heavy atom. The summed E-state index contributed by atoms with van der Waals surface area (Å²) >= 11 is 9.65. The maximum absolute atomic E-state index is 6.05. The number of hydrogen-bond acceptors (Lipinski definition) is 3. The van der Waals surface area contributed by atoms with Crippen LogP contribution in [0.3, 0.4) is 0 Å². The quantitative estimate of drug-likeness (QED) is 0.363. The molecule has 3 aromatic carbocycles. The van der Waals surface area contributed by atoms with E-state index in [4.69, 9.17) is 11.6 Å². The van der Waals surface area contributed by atoms with E-state index in [-0.39, 0.29) is 0 Å². The first-order valence-electron chi connectivity index (χ1n) is 8.30. The van der Waals surface area contributed by atoms with Crippen LogP contribution < -0.4 is 0 Å². The summed E-state index contributed by atoms with van der Waals surface area (Å²) in [7, 11) is 0. The summed E-state index contributed by atoms with van der Waals surface area (Å²) in [5.74, 6) is 1.86. The smallest absolute Gasteiger partial charge is 0.166 e. The molecule has 0 atom stereocenters. The number of hydrogen-bond donors (Lipinski definition) is 1. The van der Waals surface area contributed by atoms with Gasteiger partial charge in [0.2, 0.25) is 0 Å². The molecule has 130 valence electrons. The van der Waals surface area contributed by atoms with Crippen molar-refractivity contribution in [2.45, 2.75) is 21.6 Å². The van der Waals surface area contributed by atoms with Crippen LogP contribution in [-0.2, 0) is 11.5 Å². The SMILES string of the molecule is Clc1ccc2nc(SCc3ccccc3SCc3ccccc3)[nH]c2c1. The van der Waals surface area contributed by atoms with Crippen molar-refractivity contribution in [2.24, 2.45) is 0 Å². The highest BCUT2D eigenvalue weighted by Crippen LogP contribution is 2.31. The minimum absolute atomic E-state index is 0.723. The van der Waals surface area contributed by atoms with Gasteiger partial charge in [-0.3, -0.25) is 0 Å². The van der Waals surface area contributed by atoms with Crippen LogP contribution in [0.4, 0.5) is 0 Å². The molecule has 1 heterocycles. The lowest BCUT2D eigenvalue weighted by atomic mass is 10.2. The molecule has 0 saturated carbocycles. The summed E-state index contributed by atoms with van der Waals surface area (Å²) < 4.78 is 0. The van der Waals surface area contributed by atoms with E-state index < -0.39 is 0 Å². The van der Waals surface area contributed by atoms with Crippen molar-refractivity contribution >= 4 is 46.2 Å². The number of nitrogens with one attached hydrogen (secondary N) is 1. The monoisotopic (exact) mass is 396 g/mol. The summed E-state index contributed by atoms with van der Waals surface area (Å²) in [5.41, 5.74) is 4.60. The second-order valence-corrected chi connectivity index (χ2v) is 8.29. The van der Waals surface area contributed by atoms with Crippen molar-refractivity contribution in [2.75, 3.05) is 0 Å². The van der Waals surface area contributed by atoms with Gasteiger partial charge in [0.05, 0.1) is 11.0 Å². The standard InChI is InChI=1S/C21H17ClN2S2/c22-17-10-11-18-19(12-17)24-21(23-18)26-14-16-8-4-5-9-20(16)25-13-15-6-2-1-3-7-15/h1-12H,13-14H2,(H,23,24). The van der Waals surface area contributed by atoms with Crippen molar-refractivity contribution in [3.63, 3.8) is 0 Å². The largest absolute Gasteiger partial charge is 0.333 e. The molecule has 4 aromatic rings. The maximum atomic E-state index is 6.05. The lowest BCUT2D eigenvalue weighted by molar-refractivity contribution is 1.08. The second kappa shape index (κ2) is 8.21. The van der Waals surface area contributed by atoms with Crippen molar-refractivity contribution in [3.05, 3.63) is 88.9 Å². The normalized spacial score (nSPS) is 11.1. The average Bonchev–Trinajstić information content (AvgIpc) is 3.08. The van der Waals surface area contributed by atoms with Crippen LogP contribution in [0.1, 0.15) is 11.1 Å². The molecule has 0 aliphatic carbocycles. The predicted octanol–water partition coefficient (Wildman–Crippen LogP) is 6.80. The summed E-state index contributed by atoms with van der Waals surface area (Å²) in [6.07, 6.45) is 0. The van der Waals surface area contributed by atoms with Crippen molar-refractivity contribution < 1.29 is 0 Å². The van der Waals surface area contributed by atoms with E-state index in [1.54, 1.807) is 11.8 Å². The highest BCUT2D eigenvalue weighted by molar-refractivity contribution is 7.99. The van der Waals surface area contributed by atoms with Gasteiger partial charge < -0.3 is 4.98 Å². The summed E-state index contributed by atoms with van der Waals surface area (Å²) in [6, 6.07) is 24.9. The molecule has 0 radical (unpaired) electrons. The van der Waals surface area contributed by atoms with Crippen LogP contribution in [0.2, 0.25) is 5.02 Å². The van der Waals surface area contributed by atoms with E-state index in [2.05, 4.69) is 64.6 Å². The molecule has 0 bridgehead atoms. The number of aromatic nitrogens is 2. The number of imidazole rings is 1. The minimum Gasteiger partial charge on any atom is -0.333 e. The van der Waals surface area contributed by atoms with Crippen molar-refractivity contribution in [1.29, 1.82) is 0 Å². The molecule has 0 saturated heterocycles. The lowest BCUT2D eigenvalue weighted by Gasteiger charge is -2.08. The molecule has 0 fully saturated rings. The fourth-order valence-electron chi connectivity index (χ4n) is 2.67. The molecule has 0 unspecified atom stereocenters. The van der Waals surface area contributed by atoms with Gasteiger partial charge >= 0.3 is 0 Å². The number of fused-ring (bicyclic) bond motifs is 1. The van der Waals surface area contributed by atoms with Crippen molar-refractivity contribution in [1.82, 2.24) is 9.97 Å². The van der Waals surface area contributed by atoms with E-state index >= 15 is 0 Å². The Balaban J connectivity index is 1.45. The Kier molecular flexibility index (Phi) is 5.54. The van der Waals surface area contributed by atoms with E-state index in [1.165, 1.54) is 16.0 Å². The van der Waals surface area contributed by atoms with Crippen LogP contribution in [0.15, 0.2) is 82.8 Å². The Morgan fingerprint density at radius 1 is 0.846 bits per heavy atom. The van der Waals surface area contributed by atoms with E-state index in [0.29, 0.717) is 0 Å². The van der Waals surface area contributed by atoms with Gasteiger partial charge in [0, 0.05) is 21.4 Å². The van der Waals surface area contributed by atoms with Crippen LogP contribution in [0.5, 0.6) is 0 Å². The number of thioether (sulfide) groups is 2. The number of rotatable bonds is 6. The molecule has 0 aliphatic rings. The Labute approximate surface area is 166 Å². The topological polar surface area (TPSA) is 28.7 Å². The predicted molar refractivity (Wildman–Crippen MR) is 113 cm³/mol. The number of nitrogens with zero attached hydrogens (tertiary/aromatic N) is 1. The molecular weight excluding hydrogens is 380 g/mol. The number of benzene rings is 3. The third-order valence-corrected chi connectivity index (χ3v) is 6.34. The van der Waals surface area contributed by atoms with Gasteiger partial charge in [0.1, 0.15) is 0 Å². The van der Waals surface area contributed by atoms with Gasteiger partial charge in [0.15, 0.2) is 5.16 Å². The van der Waals surface area contributed by atoms with Gasteiger partial charge in [-0.05, 0) is 35.4 Å². The molecule has 1 aromatic heterocycles. The molecule has 0 aliphatic heterocycles. The maximum Gasteiger partial charge on any atom is 0.166 e. The zero-order valence-corrected chi connectivity index (χ0v) is 16.4. The zero-order valence-electron chi connectivity index (χ0n) is 14.0. The molecule has 1 N–H and O–H groups in total. The van der Waals surface area contributed by atoms with Gasteiger partial charge in [-0.2, -0.15) is 0 Å². The lowest BCUT2D eigenvalue weighted by Crippen LogP contribution is -1.87. The fraction of sp³-hybridized carbons (Fsp3) is 0.0952. The first kappa shape index (κ1) is 17.5. The molecule has 0 amide bonds. The number of H-pyrrole nitrogens is 1. The van der Waals surface area contributed by atoms with Crippen LogP contribution in [-0.4, -0.2) is 9.97 Å². The molecular formula is C21H17ClN2S2. The Bertz CT molecular complexity index is 1010. The minimum atomic E-state index is 0.723. The first-order chi connectivity index (χ1) is 12.8. The van der Waals surface area contributed by atoms with E-state index in [9.17, 15) is 0 Å². The van der Waals surface area contributed by atoms with Gasteiger partial charge in [-0.15, -0.1) is 11.8 Å². The first-order valence-corrected chi connectivity index (χ1v) is 10.7. The van der Waals surface area contributed by atoms with Crippen LogP contribution in [0.25, 0.3) is 11.0 Å². The van der Waals surface area contributed by atoms with Gasteiger partial charge in [0.25, 0.3) is 0 Å². The zero-order chi connectivity index (χ0) is 17.8. The molecule has 2 nitrogen and oxygen atoms in total. The second-order valence-electron chi connectivity index (χ2n) is 5.87.